The van der Waals surface area contributed by atoms with E-state index in [0.717, 1.165) is 31.9 Å². The molecule has 1 atom stereocenters. The molecule has 0 radical (unpaired) electrons. The van der Waals surface area contributed by atoms with Crippen molar-refractivity contribution < 1.29 is 18.0 Å². The first-order valence-electron chi connectivity index (χ1n) is 11.7. The predicted octanol–water partition coefficient (Wildman–Crippen LogP) is 4.07. The van der Waals surface area contributed by atoms with Crippen LogP contribution in [0, 0.1) is 0 Å². The topological polar surface area (TPSA) is 104 Å². The lowest BCUT2D eigenvalue weighted by Gasteiger charge is -2.40. The van der Waals surface area contributed by atoms with Gasteiger partial charge in [0.05, 0.1) is 10.9 Å². The van der Waals surface area contributed by atoms with Gasteiger partial charge in [-0.1, -0.05) is 17.7 Å². The maximum Gasteiger partial charge on any atom is 0.283 e. The monoisotopic (exact) mass is 589 g/mol. The van der Waals surface area contributed by atoms with E-state index in [0.29, 0.717) is 5.02 Å². The third kappa shape index (κ3) is 5.32. The molecule has 13 heteroatoms. The third-order valence-electron chi connectivity index (χ3n) is 6.32. The van der Waals surface area contributed by atoms with Crippen LogP contribution in [0.1, 0.15) is 16.2 Å². The van der Waals surface area contributed by atoms with E-state index in [4.69, 9.17) is 11.6 Å². The fraction of sp³-hybridized carbons (Fsp3) is 0.280. The van der Waals surface area contributed by atoms with E-state index < -0.39 is 16.1 Å². The number of sulfonamides is 1. The number of carbonyl (C=O) groups is 2. The number of thiophene rings is 1. The van der Waals surface area contributed by atoms with Crippen LogP contribution in [0.5, 0.6) is 0 Å². The van der Waals surface area contributed by atoms with Crippen molar-refractivity contribution in [2.45, 2.75) is 16.7 Å². The number of halogens is 1. The van der Waals surface area contributed by atoms with Gasteiger partial charge in [-0.3, -0.25) is 14.6 Å². The summed E-state index contributed by atoms with van der Waals surface area (Å²) in [6.07, 6.45) is 4.98. The molecule has 1 unspecified atom stereocenters. The van der Waals surface area contributed by atoms with Gasteiger partial charge in [0.15, 0.2) is 5.01 Å². The predicted molar refractivity (Wildman–Crippen MR) is 149 cm³/mol. The number of nitrogens with zero attached hydrogens (tertiary/aromatic N) is 5. The number of hydrogen-bond acceptors (Lipinski definition) is 8. The summed E-state index contributed by atoms with van der Waals surface area (Å²) in [4.78, 5) is 38.4. The number of amides is 2. The zero-order valence-corrected chi connectivity index (χ0v) is 23.8. The first kappa shape index (κ1) is 26.7. The first-order chi connectivity index (χ1) is 18.1. The smallest absolute Gasteiger partial charge is 0.283 e. The molecule has 5 rings (SSSR count). The number of thiazole rings is 1. The molecule has 0 saturated carbocycles. The lowest BCUT2D eigenvalue weighted by atomic mass is 10.1. The molecule has 2 amide bonds. The second-order valence-electron chi connectivity index (χ2n) is 9.02. The SMILES string of the molecule is CN(C)C(=O)CC1CN(S(=O)(=O)c2cc3ccc(Cl)cc3s2)CCN1C(=O)c1ncc(-c2ccncc2)s1. The summed E-state index contributed by atoms with van der Waals surface area (Å²) in [6.45, 7) is 0.258. The van der Waals surface area contributed by atoms with Crippen LogP contribution < -0.4 is 0 Å². The van der Waals surface area contributed by atoms with Crippen LogP contribution in [0.4, 0.5) is 0 Å². The standard InChI is InChI=1S/C25H24ClN5O4S3/c1-29(2)22(32)13-19-15-30(38(34,35)23-11-17-3-4-18(26)12-20(17)36-23)9-10-31(19)25(33)24-28-14-21(37-24)16-5-7-27-8-6-16/h3-8,11-12,14,19H,9-10,13,15H2,1-2H3. The molecular formula is C25H24ClN5O4S3. The number of hydrogen-bond donors (Lipinski definition) is 0. The second kappa shape index (κ2) is 10.7. The molecule has 1 aliphatic rings. The number of pyridine rings is 1. The highest BCUT2D eigenvalue weighted by molar-refractivity contribution is 7.91. The molecule has 1 fully saturated rings. The van der Waals surface area contributed by atoms with E-state index in [2.05, 4.69) is 9.97 Å². The van der Waals surface area contributed by atoms with E-state index in [9.17, 15) is 18.0 Å². The van der Waals surface area contributed by atoms with Gasteiger partial charge in [-0.2, -0.15) is 4.31 Å². The second-order valence-corrected chi connectivity index (χ2v) is 13.7. The molecule has 3 aromatic heterocycles. The fourth-order valence-corrected chi connectivity index (χ4v) is 8.43. The Labute approximate surface area is 233 Å². The van der Waals surface area contributed by atoms with Crippen molar-refractivity contribution in [3.63, 3.8) is 0 Å². The quantitative estimate of drug-likeness (QED) is 0.336. The molecule has 4 aromatic rings. The number of fused-ring (bicyclic) bond motifs is 1. The molecule has 1 aromatic carbocycles. The van der Waals surface area contributed by atoms with Gasteiger partial charge < -0.3 is 9.80 Å². The Balaban J connectivity index is 1.41. The van der Waals surface area contributed by atoms with E-state index >= 15 is 0 Å². The van der Waals surface area contributed by atoms with Crippen molar-refractivity contribution >= 4 is 66.2 Å². The van der Waals surface area contributed by atoms with Gasteiger partial charge in [-0.25, -0.2) is 13.4 Å². The molecule has 0 N–H and O–H groups in total. The third-order valence-corrected chi connectivity index (χ3v) is 11.0. The Morgan fingerprint density at radius 1 is 1.11 bits per heavy atom. The first-order valence-corrected chi connectivity index (χ1v) is 15.1. The van der Waals surface area contributed by atoms with Gasteiger partial charge in [0, 0.05) is 68.5 Å². The van der Waals surface area contributed by atoms with Crippen LogP contribution in [0.25, 0.3) is 20.5 Å². The van der Waals surface area contributed by atoms with Crippen LogP contribution >= 0.6 is 34.3 Å². The minimum Gasteiger partial charge on any atom is -0.349 e. The minimum absolute atomic E-state index is 0.00459. The van der Waals surface area contributed by atoms with E-state index in [1.807, 2.05) is 12.1 Å². The highest BCUT2D eigenvalue weighted by Gasteiger charge is 2.39. The van der Waals surface area contributed by atoms with E-state index in [1.54, 1.807) is 61.9 Å². The Kier molecular flexibility index (Phi) is 7.51. The molecule has 1 saturated heterocycles. The van der Waals surface area contributed by atoms with E-state index in [-0.39, 0.29) is 47.1 Å². The summed E-state index contributed by atoms with van der Waals surface area (Å²) in [5, 5.41) is 1.61. The molecular weight excluding hydrogens is 566 g/mol. The van der Waals surface area contributed by atoms with Crippen LogP contribution in [0.3, 0.4) is 0 Å². The van der Waals surface area contributed by atoms with Crippen molar-refractivity contribution in [1.29, 1.82) is 0 Å². The maximum atomic E-state index is 13.6. The zero-order chi connectivity index (χ0) is 27.0. The summed E-state index contributed by atoms with van der Waals surface area (Å²) >= 11 is 8.49. The number of rotatable bonds is 6. The Morgan fingerprint density at radius 2 is 1.87 bits per heavy atom. The number of benzene rings is 1. The van der Waals surface area contributed by atoms with Gasteiger partial charge in [0.25, 0.3) is 15.9 Å². The summed E-state index contributed by atoms with van der Waals surface area (Å²) < 4.78 is 29.5. The van der Waals surface area contributed by atoms with Crippen LogP contribution in [0.2, 0.25) is 5.02 Å². The summed E-state index contributed by atoms with van der Waals surface area (Å²) in [7, 11) is -0.575. The molecule has 0 aliphatic carbocycles. The van der Waals surface area contributed by atoms with Crippen LogP contribution in [0.15, 0.2) is 59.2 Å². The average Bonchev–Trinajstić information content (AvgIpc) is 3.56. The van der Waals surface area contributed by atoms with Crippen molar-refractivity contribution in [1.82, 2.24) is 24.1 Å². The van der Waals surface area contributed by atoms with Crippen LogP contribution in [-0.4, -0.2) is 84.1 Å². The van der Waals surface area contributed by atoms with Gasteiger partial charge >= 0.3 is 0 Å². The lowest BCUT2D eigenvalue weighted by Crippen LogP contribution is -2.57. The molecule has 9 nitrogen and oxygen atoms in total. The number of carbonyl (C=O) groups excluding carboxylic acids is 2. The van der Waals surface area contributed by atoms with Gasteiger partial charge in [0.1, 0.15) is 4.21 Å². The highest BCUT2D eigenvalue weighted by Crippen LogP contribution is 2.34. The fourth-order valence-electron chi connectivity index (χ4n) is 4.25. The molecule has 38 heavy (non-hydrogen) atoms. The van der Waals surface area contributed by atoms with Gasteiger partial charge in [-0.05, 0) is 41.3 Å². The molecule has 4 heterocycles. The minimum atomic E-state index is -3.84. The Morgan fingerprint density at radius 3 is 2.61 bits per heavy atom. The van der Waals surface area contributed by atoms with Crippen molar-refractivity contribution in [3.05, 3.63) is 65.0 Å². The zero-order valence-electron chi connectivity index (χ0n) is 20.6. The van der Waals surface area contributed by atoms with Crippen LogP contribution in [-0.2, 0) is 14.8 Å². The number of piperazine rings is 1. The lowest BCUT2D eigenvalue weighted by molar-refractivity contribution is -0.130. The molecule has 198 valence electrons. The average molecular weight is 590 g/mol. The Bertz CT molecular complexity index is 1600. The normalized spacial score (nSPS) is 16.6. The maximum absolute atomic E-state index is 13.6. The number of aromatic nitrogens is 2. The summed E-state index contributed by atoms with van der Waals surface area (Å²) in [5.74, 6) is -0.513. The summed E-state index contributed by atoms with van der Waals surface area (Å²) in [6, 6.07) is 9.93. The van der Waals surface area contributed by atoms with Gasteiger partial charge in [0.2, 0.25) is 5.91 Å². The molecule has 0 bridgehead atoms. The van der Waals surface area contributed by atoms with Gasteiger partial charge in [-0.15, -0.1) is 22.7 Å². The van der Waals surface area contributed by atoms with Crippen molar-refractivity contribution in [2.24, 2.45) is 0 Å². The molecule has 0 spiro atoms. The van der Waals surface area contributed by atoms with E-state index in [1.165, 1.54) is 20.5 Å². The van der Waals surface area contributed by atoms with Crippen molar-refractivity contribution in [2.75, 3.05) is 33.7 Å². The van der Waals surface area contributed by atoms with Crippen molar-refractivity contribution in [3.8, 4) is 10.4 Å². The largest absolute Gasteiger partial charge is 0.349 e. The summed E-state index contributed by atoms with van der Waals surface area (Å²) in [5.41, 5.74) is 0.899. The highest BCUT2D eigenvalue weighted by atomic mass is 35.5. The Hall–Kier alpha value is -2.90. The molecule has 1 aliphatic heterocycles.